The third-order valence-corrected chi connectivity index (χ3v) is 25.2. The molecule has 3 amide bonds. The van der Waals surface area contributed by atoms with Crippen molar-refractivity contribution < 1.29 is 48.9 Å². The SMILES string of the molecule is Brc1ccc(-c2ccc3[nH]ccc3c2)cc1.COc1cccc(OC)c1-c1ccc(-c2ccc3[nH]cc(C(N)=O)c3c2)cc1.N#Cc1c[nH]c2ccc(-c3ccc(Br)cc3)cc12.NC(=O)c1c[nH]c2ccc(-c3ccc(-c4c(O)cccc4O)cc3)cc12.NC(=O)c1c[nH]c2ccc(-c3ccc(Br)cc3)cc12.O=Cc1c[nH]c2ccc(-c3ccc(Br)cc3)cc12.OB(O)c1ccc2[nH]ccc2c1. The lowest BCUT2D eigenvalue weighted by atomic mass is 9.80. The van der Waals surface area contributed by atoms with Gasteiger partial charge in [-0.25, -0.2) is 0 Å². The molecule has 7 aromatic heterocycles. The van der Waals surface area contributed by atoms with Crippen LogP contribution in [0, 0.1) is 11.3 Å². The maximum atomic E-state index is 11.6. The molecule has 7 heterocycles. The number of phenolic OH excluding ortho intramolecular Hbond substituents is 2. The van der Waals surface area contributed by atoms with Gasteiger partial charge in [0.1, 0.15) is 29.1 Å². The van der Waals surface area contributed by atoms with Crippen molar-refractivity contribution in [1.29, 1.82) is 5.26 Å². The molecule has 137 heavy (non-hydrogen) atoms. The third kappa shape index (κ3) is 21.8. The molecule has 0 unspecified atom stereocenters. The molecule has 674 valence electrons. The zero-order valence-corrected chi connectivity index (χ0v) is 79.6. The number of amides is 3. The second-order valence-electron chi connectivity index (χ2n) is 31.5. The summed E-state index contributed by atoms with van der Waals surface area (Å²) in [4.78, 5) is 67.0. The number of aromatic amines is 7. The molecule has 0 aliphatic heterocycles. The number of nitriles is 1. The van der Waals surface area contributed by atoms with E-state index < -0.39 is 24.8 Å². The van der Waals surface area contributed by atoms with Gasteiger partial charge in [0.05, 0.1) is 47.6 Å². The molecule has 22 aromatic rings. The number of hydrogen-bond acceptors (Lipinski definition) is 11. The first kappa shape index (κ1) is 94.0. The number of aldehydes is 1. The fraction of sp³-hybridized carbons (Fsp3) is 0.0180. The number of carbonyl (C=O) groups excluding carboxylic acids is 4. The maximum Gasteiger partial charge on any atom is 0.488 e. The van der Waals surface area contributed by atoms with Crippen LogP contribution in [0.4, 0.5) is 0 Å². The topological polar surface area (TPSA) is 380 Å². The first-order valence-corrected chi connectivity index (χ1v) is 45.9. The number of ether oxygens (including phenoxy) is 2. The van der Waals surface area contributed by atoms with Crippen molar-refractivity contribution >= 4 is 177 Å². The number of halogens is 4. The molecule has 0 atom stereocenters. The Hall–Kier alpha value is -16.2. The van der Waals surface area contributed by atoms with E-state index in [4.69, 9.17) is 42.0 Å². The van der Waals surface area contributed by atoms with E-state index in [9.17, 15) is 29.4 Å². The number of carbonyl (C=O) groups is 4. The van der Waals surface area contributed by atoms with E-state index in [1.54, 1.807) is 63.4 Å². The summed E-state index contributed by atoms with van der Waals surface area (Å²) in [6, 6.07) is 106. The number of phenols is 2. The van der Waals surface area contributed by atoms with E-state index in [2.05, 4.69) is 190 Å². The van der Waals surface area contributed by atoms with E-state index >= 15 is 0 Å². The number of nitrogens with zero attached hydrogens (tertiary/aromatic N) is 1. The van der Waals surface area contributed by atoms with E-state index in [-0.39, 0.29) is 11.5 Å². The Bertz CT molecular complexity index is 8140. The molecule has 26 heteroatoms. The summed E-state index contributed by atoms with van der Waals surface area (Å²) >= 11 is 13.7. The van der Waals surface area contributed by atoms with Gasteiger partial charge >= 0.3 is 7.12 Å². The normalized spacial score (nSPS) is 10.7. The van der Waals surface area contributed by atoms with Crippen molar-refractivity contribution in [2.24, 2.45) is 17.2 Å². The molecular weight excluding hydrogens is 1980 g/mol. The number of methoxy groups -OCH3 is 2. The van der Waals surface area contributed by atoms with Gasteiger partial charge in [0.2, 0.25) is 0 Å². The van der Waals surface area contributed by atoms with Crippen molar-refractivity contribution in [3.05, 3.63) is 411 Å². The lowest BCUT2D eigenvalue weighted by Crippen LogP contribution is -2.29. The Labute approximate surface area is 819 Å². The summed E-state index contributed by atoms with van der Waals surface area (Å²) < 4.78 is 15.3. The molecule has 15 aromatic carbocycles. The maximum absolute atomic E-state index is 11.6. The van der Waals surface area contributed by atoms with Crippen molar-refractivity contribution in [2.45, 2.75) is 0 Å². The van der Waals surface area contributed by atoms with Gasteiger partial charge in [-0.1, -0.05) is 221 Å². The van der Waals surface area contributed by atoms with E-state index in [0.29, 0.717) is 44.4 Å². The zero-order valence-electron chi connectivity index (χ0n) is 73.2. The van der Waals surface area contributed by atoms with E-state index in [0.717, 1.165) is 168 Å². The molecule has 17 N–H and O–H groups in total. The highest BCUT2D eigenvalue weighted by Crippen LogP contribution is 2.42. The lowest BCUT2D eigenvalue weighted by molar-refractivity contribution is 0.0993. The molecule has 0 radical (unpaired) electrons. The van der Waals surface area contributed by atoms with Crippen molar-refractivity contribution in [3.8, 4) is 118 Å². The van der Waals surface area contributed by atoms with Gasteiger partial charge in [-0.3, -0.25) is 19.2 Å². The first-order valence-electron chi connectivity index (χ1n) is 42.7. The quantitative estimate of drug-likeness (QED) is 0.0338. The minimum atomic E-state index is -1.38. The predicted octanol–water partition coefficient (Wildman–Crippen LogP) is 25.7. The summed E-state index contributed by atoms with van der Waals surface area (Å²) in [5, 5.41) is 53.4. The molecule has 0 spiro atoms. The van der Waals surface area contributed by atoms with Crippen LogP contribution in [0.5, 0.6) is 23.0 Å². The fourth-order valence-corrected chi connectivity index (χ4v) is 17.0. The van der Waals surface area contributed by atoms with E-state index in [1.807, 2.05) is 219 Å². The second kappa shape index (κ2) is 42.8. The number of nitrogens with one attached hydrogen (secondary N) is 7. The minimum absolute atomic E-state index is 0.0255. The van der Waals surface area contributed by atoms with Gasteiger partial charge in [0.25, 0.3) is 17.7 Å². The molecule has 0 aliphatic carbocycles. The Morgan fingerprint density at radius 1 is 0.328 bits per heavy atom. The highest BCUT2D eigenvalue weighted by molar-refractivity contribution is 9.11. The molecular formula is C111H84BBr4N11O10. The predicted molar refractivity (Wildman–Crippen MR) is 564 cm³/mol. The van der Waals surface area contributed by atoms with Gasteiger partial charge in [-0.05, 0) is 258 Å². The summed E-state index contributed by atoms with van der Waals surface area (Å²) in [7, 11) is 1.91. The van der Waals surface area contributed by atoms with E-state index in [1.165, 1.54) is 34.2 Å². The Kier molecular flexibility index (Phi) is 29.3. The second-order valence-corrected chi connectivity index (χ2v) is 35.2. The van der Waals surface area contributed by atoms with Crippen LogP contribution < -0.4 is 32.1 Å². The fourth-order valence-electron chi connectivity index (χ4n) is 16.0. The number of primary amides is 3. The number of fused-ring (bicyclic) bond motifs is 7. The number of hydrogen-bond donors (Lipinski definition) is 14. The van der Waals surface area contributed by atoms with Gasteiger partial charge < -0.3 is 81.8 Å². The monoisotopic (exact) mass is 2060 g/mol. The Balaban J connectivity index is 0.000000117. The summed E-state index contributed by atoms with van der Waals surface area (Å²) in [5.41, 5.74) is 42.5. The Morgan fingerprint density at radius 3 is 0.985 bits per heavy atom. The average molecular weight is 2060 g/mol. The molecule has 0 bridgehead atoms. The van der Waals surface area contributed by atoms with Crippen LogP contribution >= 0.6 is 63.7 Å². The van der Waals surface area contributed by atoms with Gasteiger partial charge in [-0.2, -0.15) is 5.26 Å². The van der Waals surface area contributed by atoms with Crippen LogP contribution in [0.15, 0.2) is 383 Å². The zero-order chi connectivity index (χ0) is 95.9. The summed E-state index contributed by atoms with van der Waals surface area (Å²) in [5.74, 6) is 0.231. The van der Waals surface area contributed by atoms with Crippen molar-refractivity contribution in [2.75, 3.05) is 14.2 Å². The molecule has 0 saturated carbocycles. The lowest BCUT2D eigenvalue weighted by Gasteiger charge is -2.13. The summed E-state index contributed by atoms with van der Waals surface area (Å²) in [6.45, 7) is 0. The largest absolute Gasteiger partial charge is 0.507 e. The van der Waals surface area contributed by atoms with Crippen LogP contribution in [0.3, 0.4) is 0 Å². The molecule has 0 fully saturated rings. The van der Waals surface area contributed by atoms with Crippen LogP contribution in [-0.2, 0) is 0 Å². The average Bonchev–Trinajstić information content (AvgIpc) is 1.68. The van der Waals surface area contributed by atoms with Crippen molar-refractivity contribution in [3.63, 3.8) is 0 Å². The van der Waals surface area contributed by atoms with Crippen molar-refractivity contribution in [1.82, 2.24) is 34.9 Å². The number of H-pyrrole nitrogens is 7. The number of rotatable bonds is 15. The first-order chi connectivity index (χ1) is 66.5. The van der Waals surface area contributed by atoms with Gasteiger partial charge in [0.15, 0.2) is 6.29 Å². The number of benzene rings is 15. The molecule has 22 rings (SSSR count). The highest BCUT2D eigenvalue weighted by atomic mass is 79.9. The van der Waals surface area contributed by atoms with Gasteiger partial charge in [0, 0.05) is 132 Å². The number of aromatic nitrogens is 7. The van der Waals surface area contributed by atoms with Crippen LogP contribution in [-0.4, -0.2) is 100 Å². The van der Waals surface area contributed by atoms with Crippen LogP contribution in [0.2, 0.25) is 0 Å². The van der Waals surface area contributed by atoms with Crippen LogP contribution in [0.1, 0.15) is 47.0 Å². The standard InChI is InChI=1S/C23H20N2O3.C21H16N2O3.C15H11BrN2O.C15H9BrN2.C15H10BrNO.C14H10BrN.C8H8BNO2/c1-27-20-4-3-5-21(28-2)22(20)15-8-6-14(7-9-15)16-10-11-19-17(12-16)18(13-25-19)23(24)26;22-21(26)16-11-23-17-9-8-14(10-15(16)17)12-4-6-13(7-5-12)20-18(24)2-1-3-19(20)25;16-11-4-1-9(2-5-11)10-3-6-14-12(7-10)13(8-18-14)15(17)19;16-13-4-1-10(2-5-13)11-3-6-15-14(7-11)12(8-17)9-18-15;16-13-4-1-10(2-5-13)11-3-6-15-14(7-11)12(9-18)8-17-15;15-13-4-1-10(2-5-13)11-3-6-14-12(9-11)7-8-16-14;11-9(12)7-1-2-8-6(5-7)3-4-10-8/h3-13,25H,1-2H3,(H2,24,26);1-11,23-25H,(H2,22,26);1-8,18H,(H2,17,19);1-7,9,18H;1-9,17H;1-9,16H;1-5,10-12H. The Morgan fingerprint density at radius 2 is 0.620 bits per heavy atom. The minimum Gasteiger partial charge on any atom is -0.507 e. The van der Waals surface area contributed by atoms with Gasteiger partial charge in [-0.15, -0.1) is 0 Å². The number of nitrogens with two attached hydrogens (primary N) is 3. The smallest absolute Gasteiger partial charge is 0.488 e. The van der Waals surface area contributed by atoms with Crippen LogP contribution in [0.25, 0.3) is 165 Å². The molecule has 0 saturated heterocycles. The molecule has 21 nitrogen and oxygen atoms in total. The highest BCUT2D eigenvalue weighted by Gasteiger charge is 2.19. The summed E-state index contributed by atoms with van der Waals surface area (Å²) in [6.07, 6.45) is 13.1. The third-order valence-electron chi connectivity index (χ3n) is 23.1. The number of aromatic hydroxyl groups is 2. The molecule has 0 aliphatic rings.